The lowest BCUT2D eigenvalue weighted by molar-refractivity contribution is -0.130. The van der Waals surface area contributed by atoms with E-state index < -0.39 is 5.82 Å². The third kappa shape index (κ3) is 3.07. The second kappa shape index (κ2) is 6.17. The zero-order chi connectivity index (χ0) is 14.7. The molecule has 0 bridgehead atoms. The number of rotatable bonds is 3. The van der Waals surface area contributed by atoms with E-state index >= 15 is 0 Å². The number of benzene rings is 1. The molecule has 0 saturated carbocycles. The molecular weight excluding hydrogens is 283 g/mol. The summed E-state index contributed by atoms with van der Waals surface area (Å²) >= 11 is 5.73. The summed E-state index contributed by atoms with van der Waals surface area (Å²) in [4.78, 5) is 13.8. The van der Waals surface area contributed by atoms with Gasteiger partial charge in [-0.15, -0.1) is 0 Å². The summed E-state index contributed by atoms with van der Waals surface area (Å²) in [6.07, 6.45) is 3.16. The number of carbonyl (C=O) groups is 1. The van der Waals surface area contributed by atoms with E-state index in [1.807, 2.05) is 0 Å². The maximum atomic E-state index is 13.9. The van der Waals surface area contributed by atoms with Gasteiger partial charge in [-0.3, -0.25) is 4.79 Å². The summed E-state index contributed by atoms with van der Waals surface area (Å²) in [5, 5.41) is 2.53. The Morgan fingerprint density at radius 1 is 1.30 bits per heavy atom. The van der Waals surface area contributed by atoms with Crippen LogP contribution in [0.3, 0.4) is 0 Å². The molecule has 1 saturated heterocycles. The first-order chi connectivity index (χ1) is 9.50. The Morgan fingerprint density at radius 3 is 2.60 bits per heavy atom. The highest BCUT2D eigenvalue weighted by atomic mass is 35.5. The highest BCUT2D eigenvalue weighted by molar-refractivity contribution is 6.33. The SMILES string of the molecule is Nc1cc(N)c(NCC(=O)N2CCCCC2)c(F)c1Cl. The van der Waals surface area contributed by atoms with Gasteiger partial charge in [0.25, 0.3) is 0 Å². The molecule has 5 nitrogen and oxygen atoms in total. The van der Waals surface area contributed by atoms with Crippen molar-refractivity contribution in [2.45, 2.75) is 19.3 Å². The Kier molecular flexibility index (Phi) is 4.54. The number of nitrogens with two attached hydrogens (primary N) is 2. The Balaban J connectivity index is 2.03. The van der Waals surface area contributed by atoms with Crippen molar-refractivity contribution in [1.29, 1.82) is 0 Å². The molecule has 110 valence electrons. The Morgan fingerprint density at radius 2 is 1.95 bits per heavy atom. The monoisotopic (exact) mass is 300 g/mol. The van der Waals surface area contributed by atoms with Crippen LogP contribution in [0.15, 0.2) is 6.07 Å². The molecule has 1 fully saturated rings. The average molecular weight is 301 g/mol. The number of halogens is 2. The van der Waals surface area contributed by atoms with Gasteiger partial charge >= 0.3 is 0 Å². The van der Waals surface area contributed by atoms with Crippen molar-refractivity contribution >= 4 is 34.6 Å². The van der Waals surface area contributed by atoms with E-state index in [-0.39, 0.29) is 34.5 Å². The van der Waals surface area contributed by atoms with Gasteiger partial charge in [-0.1, -0.05) is 11.6 Å². The zero-order valence-electron chi connectivity index (χ0n) is 11.1. The van der Waals surface area contributed by atoms with Crippen molar-refractivity contribution in [3.8, 4) is 0 Å². The van der Waals surface area contributed by atoms with Gasteiger partial charge in [0, 0.05) is 13.1 Å². The quantitative estimate of drug-likeness (QED) is 0.746. The molecule has 1 aliphatic rings. The van der Waals surface area contributed by atoms with Crippen molar-refractivity contribution in [2.75, 3.05) is 36.4 Å². The minimum Gasteiger partial charge on any atom is -0.397 e. The van der Waals surface area contributed by atoms with Crippen molar-refractivity contribution in [1.82, 2.24) is 4.90 Å². The number of anilines is 3. The van der Waals surface area contributed by atoms with Crippen molar-refractivity contribution < 1.29 is 9.18 Å². The van der Waals surface area contributed by atoms with Crippen molar-refractivity contribution in [2.24, 2.45) is 0 Å². The fourth-order valence-electron chi connectivity index (χ4n) is 2.27. The fraction of sp³-hybridized carbons (Fsp3) is 0.462. The molecule has 20 heavy (non-hydrogen) atoms. The molecule has 5 N–H and O–H groups in total. The first-order valence-corrected chi connectivity index (χ1v) is 6.93. The molecule has 1 heterocycles. The van der Waals surface area contributed by atoms with Crippen LogP contribution in [0.4, 0.5) is 21.5 Å². The summed E-state index contributed by atoms with van der Waals surface area (Å²) in [5.74, 6) is -0.799. The van der Waals surface area contributed by atoms with E-state index in [1.54, 1.807) is 4.90 Å². The molecule has 1 amide bonds. The highest BCUT2D eigenvalue weighted by Gasteiger charge is 2.18. The number of carbonyl (C=O) groups excluding carboxylic acids is 1. The third-order valence-corrected chi connectivity index (χ3v) is 3.77. The lowest BCUT2D eigenvalue weighted by atomic mass is 10.1. The van der Waals surface area contributed by atoms with Crippen LogP contribution in [0.2, 0.25) is 5.02 Å². The fourth-order valence-corrected chi connectivity index (χ4v) is 2.41. The maximum absolute atomic E-state index is 13.9. The van der Waals surface area contributed by atoms with E-state index in [2.05, 4.69) is 5.32 Å². The van der Waals surface area contributed by atoms with E-state index in [9.17, 15) is 9.18 Å². The van der Waals surface area contributed by atoms with Gasteiger partial charge in [0.15, 0.2) is 5.82 Å². The smallest absolute Gasteiger partial charge is 0.241 e. The van der Waals surface area contributed by atoms with Gasteiger partial charge in [0.1, 0.15) is 5.02 Å². The standard InChI is InChI=1S/C13H18ClFN4O/c14-11-8(16)6-9(17)13(12(11)15)18-7-10(20)19-4-2-1-3-5-19/h6,18H,1-5,7,16-17H2. The number of nitrogen functional groups attached to an aromatic ring is 2. The highest BCUT2D eigenvalue weighted by Crippen LogP contribution is 2.33. The number of nitrogens with zero attached hydrogens (tertiary/aromatic N) is 1. The van der Waals surface area contributed by atoms with Crippen LogP contribution in [0, 0.1) is 5.82 Å². The molecule has 7 heteroatoms. The lowest BCUT2D eigenvalue weighted by Gasteiger charge is -2.27. The summed E-state index contributed by atoms with van der Waals surface area (Å²) in [6.45, 7) is 1.49. The van der Waals surface area contributed by atoms with Gasteiger partial charge < -0.3 is 21.7 Å². The Bertz CT molecular complexity index is 518. The largest absolute Gasteiger partial charge is 0.397 e. The van der Waals surface area contributed by atoms with Gasteiger partial charge in [0.05, 0.1) is 23.6 Å². The van der Waals surface area contributed by atoms with Gasteiger partial charge in [-0.25, -0.2) is 4.39 Å². The van der Waals surface area contributed by atoms with E-state index in [0.717, 1.165) is 32.4 Å². The van der Waals surface area contributed by atoms with Crippen LogP contribution in [-0.2, 0) is 4.79 Å². The van der Waals surface area contributed by atoms with E-state index in [4.69, 9.17) is 23.1 Å². The number of piperidine rings is 1. The first kappa shape index (κ1) is 14.7. The number of likely N-dealkylation sites (tertiary alicyclic amines) is 1. The molecule has 1 aromatic rings. The third-order valence-electron chi connectivity index (χ3n) is 3.39. The van der Waals surface area contributed by atoms with Crippen LogP contribution in [0.25, 0.3) is 0 Å². The van der Waals surface area contributed by atoms with Gasteiger partial charge in [-0.2, -0.15) is 0 Å². The normalized spacial score (nSPS) is 15.2. The number of hydrogen-bond acceptors (Lipinski definition) is 4. The Hall–Kier alpha value is -1.69. The topological polar surface area (TPSA) is 84.4 Å². The van der Waals surface area contributed by atoms with Crippen LogP contribution >= 0.6 is 11.6 Å². The zero-order valence-corrected chi connectivity index (χ0v) is 11.8. The van der Waals surface area contributed by atoms with E-state index in [1.165, 1.54) is 6.07 Å². The van der Waals surface area contributed by atoms with Crippen molar-refractivity contribution in [3.63, 3.8) is 0 Å². The van der Waals surface area contributed by atoms with Crippen LogP contribution in [-0.4, -0.2) is 30.4 Å². The molecule has 0 aromatic heterocycles. The average Bonchev–Trinajstić information content (AvgIpc) is 2.45. The second-order valence-electron chi connectivity index (χ2n) is 4.85. The number of hydrogen-bond donors (Lipinski definition) is 3. The van der Waals surface area contributed by atoms with Crippen LogP contribution in [0.5, 0.6) is 0 Å². The molecule has 0 aliphatic carbocycles. The predicted molar refractivity (Wildman–Crippen MR) is 79.2 cm³/mol. The van der Waals surface area contributed by atoms with E-state index in [0.29, 0.717) is 0 Å². The number of amides is 1. The molecule has 1 aliphatic heterocycles. The van der Waals surface area contributed by atoms with Gasteiger partial charge in [-0.05, 0) is 25.3 Å². The molecule has 1 aromatic carbocycles. The minimum atomic E-state index is -0.726. The molecule has 2 rings (SSSR count). The first-order valence-electron chi connectivity index (χ1n) is 6.55. The van der Waals surface area contributed by atoms with Crippen LogP contribution < -0.4 is 16.8 Å². The van der Waals surface area contributed by atoms with Crippen molar-refractivity contribution in [3.05, 3.63) is 16.9 Å². The maximum Gasteiger partial charge on any atom is 0.241 e. The Labute approximate surface area is 122 Å². The molecular formula is C13H18ClFN4O. The summed E-state index contributed by atoms with van der Waals surface area (Å²) in [6, 6.07) is 1.37. The van der Waals surface area contributed by atoms with Gasteiger partial charge in [0.2, 0.25) is 5.91 Å². The second-order valence-corrected chi connectivity index (χ2v) is 5.23. The molecule has 0 unspecified atom stereocenters. The molecule has 0 spiro atoms. The summed E-state index contributed by atoms with van der Waals surface area (Å²) < 4.78 is 13.9. The predicted octanol–water partition coefficient (Wildman–Crippen LogP) is 2.07. The summed E-state index contributed by atoms with van der Waals surface area (Å²) in [7, 11) is 0. The molecule has 0 radical (unpaired) electrons. The minimum absolute atomic E-state index is 0.0125. The lowest BCUT2D eigenvalue weighted by Crippen LogP contribution is -2.39. The molecule has 0 atom stereocenters. The van der Waals surface area contributed by atoms with Crippen LogP contribution in [0.1, 0.15) is 19.3 Å². The summed E-state index contributed by atoms with van der Waals surface area (Å²) in [5.41, 5.74) is 11.4. The number of nitrogens with one attached hydrogen (secondary N) is 1.